The van der Waals surface area contributed by atoms with E-state index in [9.17, 15) is 10.1 Å². The van der Waals surface area contributed by atoms with Crippen molar-refractivity contribution >= 4 is 23.1 Å². The average molecular weight is 352 g/mol. The highest BCUT2D eigenvalue weighted by Crippen LogP contribution is 2.34. The van der Waals surface area contributed by atoms with Crippen molar-refractivity contribution in [3.8, 4) is 11.3 Å². The minimum atomic E-state index is -0.366. The van der Waals surface area contributed by atoms with Crippen LogP contribution in [-0.4, -0.2) is 26.5 Å². The lowest BCUT2D eigenvalue weighted by atomic mass is 10.1. The van der Waals surface area contributed by atoms with Gasteiger partial charge in [-0.2, -0.15) is 0 Å². The Hall–Kier alpha value is -3.42. The molecule has 3 rings (SSSR count). The zero-order chi connectivity index (χ0) is 18.8. The van der Waals surface area contributed by atoms with Crippen LogP contribution < -0.4 is 10.6 Å². The van der Waals surface area contributed by atoms with Gasteiger partial charge in [-0.1, -0.05) is 0 Å². The van der Waals surface area contributed by atoms with E-state index in [4.69, 9.17) is 0 Å². The van der Waals surface area contributed by atoms with E-state index in [1.165, 1.54) is 0 Å². The van der Waals surface area contributed by atoms with E-state index in [2.05, 4.69) is 20.6 Å². The Kier molecular flexibility index (Phi) is 4.57. The Bertz CT molecular complexity index is 963. The lowest BCUT2D eigenvalue weighted by Crippen LogP contribution is -1.99. The molecule has 0 spiro atoms. The van der Waals surface area contributed by atoms with E-state index in [-0.39, 0.29) is 10.7 Å². The second-order valence-electron chi connectivity index (χ2n) is 5.94. The number of hydrogen-bond donors (Lipinski definition) is 2. The van der Waals surface area contributed by atoms with E-state index < -0.39 is 0 Å². The first-order valence-corrected chi connectivity index (χ1v) is 8.11. The molecule has 0 saturated heterocycles. The quantitative estimate of drug-likeness (QED) is 0.535. The highest BCUT2D eigenvalue weighted by atomic mass is 16.6. The molecule has 0 atom stereocenters. The van der Waals surface area contributed by atoms with Crippen LogP contribution in [0, 0.1) is 24.0 Å². The van der Waals surface area contributed by atoms with Crippen LogP contribution in [0.3, 0.4) is 0 Å². The van der Waals surface area contributed by atoms with Crippen molar-refractivity contribution in [2.24, 2.45) is 7.05 Å². The summed E-state index contributed by atoms with van der Waals surface area (Å²) in [4.78, 5) is 19.8. The van der Waals surface area contributed by atoms with Crippen LogP contribution >= 0.6 is 0 Å². The van der Waals surface area contributed by atoms with Crippen molar-refractivity contribution in [3.05, 3.63) is 57.9 Å². The van der Waals surface area contributed by atoms with E-state index in [0.717, 1.165) is 22.6 Å². The number of anilines is 3. The van der Waals surface area contributed by atoms with Crippen molar-refractivity contribution in [2.45, 2.75) is 13.8 Å². The van der Waals surface area contributed by atoms with Gasteiger partial charge in [0, 0.05) is 24.6 Å². The monoisotopic (exact) mass is 352 g/mol. The summed E-state index contributed by atoms with van der Waals surface area (Å²) in [5, 5.41) is 17.6. The number of nitro groups is 1. The molecule has 26 heavy (non-hydrogen) atoms. The molecule has 134 valence electrons. The smallest absolute Gasteiger partial charge is 0.326 e. The van der Waals surface area contributed by atoms with Gasteiger partial charge in [0.15, 0.2) is 0 Å². The fourth-order valence-corrected chi connectivity index (χ4v) is 3.01. The fourth-order valence-electron chi connectivity index (χ4n) is 3.01. The first-order chi connectivity index (χ1) is 12.4. The molecular weight excluding hydrogens is 332 g/mol. The Morgan fingerprint density at radius 1 is 1.12 bits per heavy atom. The predicted molar refractivity (Wildman–Crippen MR) is 102 cm³/mol. The van der Waals surface area contributed by atoms with Gasteiger partial charge in [-0.15, -0.1) is 0 Å². The van der Waals surface area contributed by atoms with Gasteiger partial charge in [-0.25, -0.2) is 14.5 Å². The summed E-state index contributed by atoms with van der Waals surface area (Å²) in [5.41, 5.74) is 4.65. The summed E-state index contributed by atoms with van der Waals surface area (Å²) in [6.07, 6.45) is 1.64. The maximum absolute atomic E-state index is 11.3. The third-order valence-corrected chi connectivity index (χ3v) is 4.41. The second kappa shape index (κ2) is 6.83. The highest BCUT2D eigenvalue weighted by Gasteiger charge is 2.26. The Labute approximate surface area is 151 Å². The van der Waals surface area contributed by atoms with Gasteiger partial charge in [0.2, 0.25) is 5.95 Å². The highest BCUT2D eigenvalue weighted by molar-refractivity contribution is 5.72. The first kappa shape index (κ1) is 17.4. The number of aromatic nitrogens is 3. The number of hydrogen-bond acceptors (Lipinski definition) is 6. The molecule has 0 aliphatic rings. The van der Waals surface area contributed by atoms with Crippen LogP contribution in [-0.2, 0) is 7.05 Å². The van der Waals surface area contributed by atoms with Gasteiger partial charge in [-0.05, 0) is 49.1 Å². The molecule has 2 N–H and O–H groups in total. The Morgan fingerprint density at radius 2 is 1.77 bits per heavy atom. The largest absolute Gasteiger partial charge is 0.388 e. The van der Waals surface area contributed by atoms with Crippen LogP contribution in [0.25, 0.3) is 11.3 Å². The third kappa shape index (κ3) is 3.08. The van der Waals surface area contributed by atoms with Crippen molar-refractivity contribution in [1.82, 2.24) is 14.5 Å². The summed E-state index contributed by atoms with van der Waals surface area (Å²) < 4.78 is 1.58. The molecule has 1 aromatic carbocycles. The topological polar surface area (TPSA) is 97.9 Å². The van der Waals surface area contributed by atoms with E-state index in [0.29, 0.717) is 17.2 Å². The third-order valence-electron chi connectivity index (χ3n) is 4.41. The lowest BCUT2D eigenvalue weighted by Gasteiger charge is -2.07. The molecule has 3 aromatic rings. The van der Waals surface area contributed by atoms with Crippen LogP contribution in [0.5, 0.6) is 0 Å². The number of nitrogens with zero attached hydrogens (tertiary/aromatic N) is 4. The summed E-state index contributed by atoms with van der Waals surface area (Å²) in [6, 6.07) is 9.49. The molecule has 0 bridgehead atoms. The maximum atomic E-state index is 11.3. The molecule has 0 aliphatic heterocycles. The minimum Gasteiger partial charge on any atom is -0.388 e. The molecular formula is C18H20N6O2. The fraction of sp³-hybridized carbons (Fsp3) is 0.222. The van der Waals surface area contributed by atoms with Gasteiger partial charge in [0.25, 0.3) is 0 Å². The van der Waals surface area contributed by atoms with Gasteiger partial charge >= 0.3 is 5.82 Å². The SMILES string of the molecule is CNc1ccc(Nc2nccc(-c3c(C)c([N+](=O)[O-])n(C)c3C)n2)cc1. The van der Waals surface area contributed by atoms with E-state index >= 15 is 0 Å². The normalized spacial score (nSPS) is 10.6. The van der Waals surface area contributed by atoms with Crippen LogP contribution in [0.4, 0.5) is 23.1 Å². The standard InChI is InChI=1S/C18H20N6O2/c1-11-16(12(2)23(4)17(11)24(25)26)15-9-10-20-18(22-15)21-14-7-5-13(19-3)6-8-14/h5-10,19H,1-4H3,(H,20,21,22). The maximum Gasteiger partial charge on any atom is 0.326 e. The van der Waals surface area contributed by atoms with Crippen molar-refractivity contribution in [3.63, 3.8) is 0 Å². The average Bonchev–Trinajstić information content (AvgIpc) is 2.85. The molecule has 8 nitrogen and oxygen atoms in total. The van der Waals surface area contributed by atoms with Gasteiger partial charge in [0.05, 0.1) is 23.9 Å². The van der Waals surface area contributed by atoms with Crippen molar-refractivity contribution in [1.29, 1.82) is 0 Å². The van der Waals surface area contributed by atoms with E-state index in [1.54, 1.807) is 30.8 Å². The zero-order valence-electron chi connectivity index (χ0n) is 15.1. The molecule has 0 radical (unpaired) electrons. The molecule has 0 fully saturated rings. The summed E-state index contributed by atoms with van der Waals surface area (Å²) in [5.74, 6) is 0.512. The van der Waals surface area contributed by atoms with Crippen molar-refractivity contribution < 1.29 is 4.92 Å². The van der Waals surface area contributed by atoms with Crippen LogP contribution in [0.2, 0.25) is 0 Å². The Morgan fingerprint density at radius 3 is 2.35 bits per heavy atom. The molecule has 0 aliphatic carbocycles. The van der Waals surface area contributed by atoms with Gasteiger partial charge < -0.3 is 20.7 Å². The number of rotatable bonds is 5. The zero-order valence-corrected chi connectivity index (χ0v) is 15.1. The second-order valence-corrected chi connectivity index (χ2v) is 5.94. The van der Waals surface area contributed by atoms with Crippen LogP contribution in [0.1, 0.15) is 11.3 Å². The summed E-state index contributed by atoms with van der Waals surface area (Å²) >= 11 is 0. The van der Waals surface area contributed by atoms with Crippen LogP contribution in [0.15, 0.2) is 36.5 Å². The minimum absolute atomic E-state index is 0.0771. The molecule has 0 amide bonds. The Balaban J connectivity index is 1.97. The lowest BCUT2D eigenvalue weighted by molar-refractivity contribution is -0.392. The molecule has 2 heterocycles. The molecule has 2 aromatic heterocycles. The van der Waals surface area contributed by atoms with Crippen molar-refractivity contribution in [2.75, 3.05) is 17.7 Å². The summed E-state index contributed by atoms with van der Waals surface area (Å²) in [6.45, 7) is 3.59. The predicted octanol–water partition coefficient (Wildman–Crippen LogP) is 3.79. The van der Waals surface area contributed by atoms with E-state index in [1.807, 2.05) is 38.2 Å². The molecule has 0 unspecified atom stereocenters. The summed E-state index contributed by atoms with van der Waals surface area (Å²) in [7, 11) is 3.55. The van der Waals surface area contributed by atoms with Gasteiger partial charge in [0.1, 0.15) is 5.69 Å². The van der Waals surface area contributed by atoms with Gasteiger partial charge in [-0.3, -0.25) is 0 Å². The first-order valence-electron chi connectivity index (χ1n) is 8.11. The molecule has 0 saturated carbocycles. The molecule has 8 heteroatoms. The number of nitrogens with one attached hydrogen (secondary N) is 2. The number of benzene rings is 1.